The standard InChI is InChI=1S/C35H33N3O10/c1-36(2)12-13-38-33-22(9-8-20-15-29-30(16-23(20)33)46-19-45-29)24-14-21(18-39)28(17-25(24)34(38)43)48-35(44)37(3)26-6-4-5-7-27(26)47-32(42)11-10-31(40)41/h4-9,14-17,39H,10-13,18-19H2,1-3H3,(H,40,41). The van der Waals surface area contributed by atoms with E-state index in [1.54, 1.807) is 22.8 Å². The summed E-state index contributed by atoms with van der Waals surface area (Å²) in [5, 5.41) is 22.5. The number of aliphatic carboxylic acids is 1. The number of carbonyl (C=O) groups is 3. The molecule has 0 atom stereocenters. The van der Waals surface area contributed by atoms with Crippen molar-refractivity contribution in [3.05, 3.63) is 76.6 Å². The first-order chi connectivity index (χ1) is 23.0. The van der Waals surface area contributed by atoms with Crippen LogP contribution in [0.15, 0.2) is 65.5 Å². The van der Waals surface area contributed by atoms with E-state index in [0.29, 0.717) is 35.5 Å². The van der Waals surface area contributed by atoms with Crippen molar-refractivity contribution in [3.63, 3.8) is 0 Å². The second-order valence-corrected chi connectivity index (χ2v) is 11.6. The molecule has 0 saturated carbocycles. The summed E-state index contributed by atoms with van der Waals surface area (Å²) < 4.78 is 24.0. The predicted molar refractivity (Wildman–Crippen MR) is 177 cm³/mol. The highest BCUT2D eigenvalue weighted by molar-refractivity contribution is 6.16. The quantitative estimate of drug-likeness (QED) is 0.124. The number of hydrogen-bond donors (Lipinski definition) is 2. The number of nitrogens with zero attached hydrogens (tertiary/aromatic N) is 3. The Morgan fingerprint density at radius 1 is 0.854 bits per heavy atom. The minimum absolute atomic E-state index is 0.0162. The van der Waals surface area contributed by atoms with Gasteiger partial charge in [0, 0.05) is 36.5 Å². The molecule has 0 saturated heterocycles. The van der Waals surface area contributed by atoms with Gasteiger partial charge in [0.1, 0.15) is 5.75 Å². The number of pyridine rings is 1. The molecule has 0 radical (unpaired) electrons. The smallest absolute Gasteiger partial charge is 0.419 e. The van der Waals surface area contributed by atoms with Gasteiger partial charge in [0.2, 0.25) is 6.79 Å². The summed E-state index contributed by atoms with van der Waals surface area (Å²) >= 11 is 0. The zero-order valence-corrected chi connectivity index (χ0v) is 26.5. The summed E-state index contributed by atoms with van der Waals surface area (Å²) in [6.45, 7) is 0.564. The number of rotatable bonds is 10. The number of amides is 1. The third-order valence-corrected chi connectivity index (χ3v) is 8.13. The van der Waals surface area contributed by atoms with Crippen molar-refractivity contribution in [2.45, 2.75) is 26.0 Å². The summed E-state index contributed by atoms with van der Waals surface area (Å²) in [5.74, 6) is -0.700. The van der Waals surface area contributed by atoms with Crippen molar-refractivity contribution in [2.24, 2.45) is 0 Å². The van der Waals surface area contributed by atoms with Crippen LogP contribution in [0.4, 0.5) is 10.5 Å². The number of likely N-dealkylation sites (N-methyl/N-ethyl adjacent to an activating group) is 1. The van der Waals surface area contributed by atoms with Gasteiger partial charge in [-0.25, -0.2) is 4.79 Å². The SMILES string of the molecule is CN(C)CCn1c(=O)c2cc(OC(=O)N(C)c3ccccc3OC(=O)CCC(=O)O)c(CO)cc2c2ccc3cc4c(cc3c21)OCO4. The predicted octanol–water partition coefficient (Wildman–Crippen LogP) is 4.50. The van der Waals surface area contributed by atoms with Gasteiger partial charge in [-0.2, -0.15) is 0 Å². The number of aliphatic hydroxyl groups excluding tert-OH is 1. The molecule has 1 aliphatic rings. The minimum Gasteiger partial charge on any atom is -0.481 e. The van der Waals surface area contributed by atoms with Crippen LogP contribution in [0.3, 0.4) is 0 Å². The van der Waals surface area contributed by atoms with Crippen LogP contribution in [-0.2, 0) is 22.7 Å². The normalized spacial score (nSPS) is 12.2. The first-order valence-corrected chi connectivity index (χ1v) is 15.1. The van der Waals surface area contributed by atoms with Crippen molar-refractivity contribution in [1.29, 1.82) is 0 Å². The first kappa shape index (κ1) is 32.3. The number of aromatic nitrogens is 1. The maximum absolute atomic E-state index is 14.3. The minimum atomic E-state index is -1.14. The fourth-order valence-electron chi connectivity index (χ4n) is 5.67. The molecule has 248 valence electrons. The Morgan fingerprint density at radius 2 is 1.60 bits per heavy atom. The summed E-state index contributed by atoms with van der Waals surface area (Å²) in [4.78, 5) is 53.9. The van der Waals surface area contributed by atoms with E-state index in [4.69, 9.17) is 24.1 Å². The fraction of sp³-hybridized carbons (Fsp3) is 0.257. The number of para-hydroxylation sites is 2. The number of esters is 1. The van der Waals surface area contributed by atoms with Gasteiger partial charge in [0.25, 0.3) is 5.56 Å². The second-order valence-electron chi connectivity index (χ2n) is 11.6. The van der Waals surface area contributed by atoms with E-state index in [0.717, 1.165) is 21.1 Å². The topological polar surface area (TPSA) is 157 Å². The molecule has 1 aliphatic heterocycles. The molecule has 2 heterocycles. The number of benzene rings is 4. The van der Waals surface area contributed by atoms with Gasteiger partial charge < -0.3 is 38.6 Å². The molecule has 4 aromatic carbocycles. The largest absolute Gasteiger partial charge is 0.481 e. The third kappa shape index (κ3) is 6.20. The average molecular weight is 656 g/mol. The lowest BCUT2D eigenvalue weighted by atomic mass is 9.98. The zero-order chi connectivity index (χ0) is 34.1. The van der Waals surface area contributed by atoms with E-state index in [-0.39, 0.29) is 46.9 Å². The van der Waals surface area contributed by atoms with Crippen molar-refractivity contribution in [1.82, 2.24) is 9.47 Å². The molecule has 0 aliphatic carbocycles. The highest BCUT2D eigenvalue weighted by Gasteiger charge is 2.23. The number of anilines is 1. The summed E-state index contributed by atoms with van der Waals surface area (Å²) in [7, 11) is 5.24. The van der Waals surface area contributed by atoms with Crippen LogP contribution in [0.2, 0.25) is 0 Å². The molecule has 48 heavy (non-hydrogen) atoms. The number of carboxylic acids is 1. The van der Waals surface area contributed by atoms with Gasteiger partial charge in [0.05, 0.1) is 36.0 Å². The van der Waals surface area contributed by atoms with E-state index in [1.807, 2.05) is 43.3 Å². The van der Waals surface area contributed by atoms with Gasteiger partial charge in [0.15, 0.2) is 17.2 Å². The molecule has 2 N–H and O–H groups in total. The van der Waals surface area contributed by atoms with Crippen molar-refractivity contribution < 1.29 is 43.5 Å². The van der Waals surface area contributed by atoms with E-state index in [1.165, 1.54) is 25.2 Å². The molecule has 1 amide bonds. The van der Waals surface area contributed by atoms with Crippen molar-refractivity contribution >= 4 is 56.2 Å². The van der Waals surface area contributed by atoms with E-state index in [9.17, 15) is 24.3 Å². The maximum Gasteiger partial charge on any atom is 0.419 e. The summed E-state index contributed by atoms with van der Waals surface area (Å²) in [5.41, 5.74) is 0.851. The van der Waals surface area contributed by atoms with Gasteiger partial charge in [-0.3, -0.25) is 19.3 Å². The highest BCUT2D eigenvalue weighted by atomic mass is 16.7. The van der Waals surface area contributed by atoms with Gasteiger partial charge in [-0.15, -0.1) is 0 Å². The summed E-state index contributed by atoms with van der Waals surface area (Å²) in [6, 6.07) is 16.9. The molecule has 0 unspecified atom stereocenters. The highest BCUT2D eigenvalue weighted by Crippen LogP contribution is 2.40. The van der Waals surface area contributed by atoms with E-state index in [2.05, 4.69) is 0 Å². The number of ether oxygens (including phenoxy) is 4. The van der Waals surface area contributed by atoms with Crippen molar-refractivity contribution in [2.75, 3.05) is 39.4 Å². The lowest BCUT2D eigenvalue weighted by Gasteiger charge is -2.21. The van der Waals surface area contributed by atoms with Crippen molar-refractivity contribution in [3.8, 4) is 23.0 Å². The Kier molecular flexibility index (Phi) is 8.89. The molecule has 13 heteroatoms. The number of hydrogen-bond acceptors (Lipinski definition) is 10. The van der Waals surface area contributed by atoms with Crippen LogP contribution in [0.5, 0.6) is 23.0 Å². The molecular formula is C35H33N3O10. The van der Waals surface area contributed by atoms with Crippen LogP contribution < -0.4 is 29.4 Å². The molecule has 6 rings (SSSR count). The van der Waals surface area contributed by atoms with Crippen LogP contribution >= 0.6 is 0 Å². The second kappa shape index (κ2) is 13.2. The molecule has 0 fully saturated rings. The van der Waals surface area contributed by atoms with Crippen LogP contribution in [0.25, 0.3) is 32.4 Å². The maximum atomic E-state index is 14.3. The van der Waals surface area contributed by atoms with Gasteiger partial charge in [-0.05, 0) is 61.3 Å². The number of aliphatic hydroxyl groups is 1. The van der Waals surface area contributed by atoms with E-state index >= 15 is 0 Å². The number of carboxylic acid groups (broad SMARTS) is 1. The number of fused-ring (bicyclic) bond motifs is 6. The average Bonchev–Trinajstić information content (AvgIpc) is 3.53. The monoisotopic (exact) mass is 655 g/mol. The Bertz CT molecular complexity index is 2160. The van der Waals surface area contributed by atoms with Crippen LogP contribution in [0, 0.1) is 0 Å². The molecule has 13 nitrogen and oxygen atoms in total. The van der Waals surface area contributed by atoms with Gasteiger partial charge in [-0.1, -0.05) is 24.3 Å². The Balaban J connectivity index is 1.42. The lowest BCUT2D eigenvalue weighted by molar-refractivity contribution is -0.142. The molecule has 0 bridgehead atoms. The van der Waals surface area contributed by atoms with Crippen LogP contribution in [0.1, 0.15) is 18.4 Å². The number of carbonyl (C=O) groups excluding carboxylic acids is 2. The molecular weight excluding hydrogens is 622 g/mol. The Hall–Kier alpha value is -5.66. The Labute approximate surface area is 274 Å². The molecule has 1 aromatic heterocycles. The molecule has 0 spiro atoms. The fourth-order valence-corrected chi connectivity index (χ4v) is 5.67. The zero-order valence-electron chi connectivity index (χ0n) is 26.5. The van der Waals surface area contributed by atoms with Gasteiger partial charge >= 0.3 is 18.0 Å². The molecule has 5 aromatic rings. The van der Waals surface area contributed by atoms with E-state index < -0.39 is 31.1 Å². The lowest BCUT2D eigenvalue weighted by Crippen LogP contribution is -2.30. The van der Waals surface area contributed by atoms with Crippen LogP contribution in [-0.4, -0.2) is 72.2 Å². The Morgan fingerprint density at radius 3 is 2.33 bits per heavy atom. The first-order valence-electron chi connectivity index (χ1n) is 15.1. The third-order valence-electron chi connectivity index (χ3n) is 8.13. The summed E-state index contributed by atoms with van der Waals surface area (Å²) in [6.07, 6.45) is -1.64.